The van der Waals surface area contributed by atoms with Gasteiger partial charge >= 0.3 is 45.5 Å². The molecule has 0 unspecified atom stereocenters. The van der Waals surface area contributed by atoms with Crippen molar-refractivity contribution in [1.82, 2.24) is 0 Å². The fourth-order valence-electron chi connectivity index (χ4n) is 0. The molecule has 0 N–H and O–H groups in total. The first kappa shape index (κ1) is 43.4. The van der Waals surface area contributed by atoms with Crippen LogP contribution >= 0.6 is 0 Å². The summed E-state index contributed by atoms with van der Waals surface area (Å²) in [6, 6.07) is 0. The van der Waals surface area contributed by atoms with E-state index >= 15 is 0 Å². The third-order valence-electron chi connectivity index (χ3n) is 0. The van der Waals surface area contributed by atoms with Crippen molar-refractivity contribution in [3.8, 4) is 0 Å². The molecule has 0 saturated heterocycles. The molecule has 40 valence electrons. The predicted molar refractivity (Wildman–Crippen MR) is 5.75 cm³/mol. The maximum absolute atomic E-state index is 0. The molecule has 0 aromatic rings. The minimum Gasteiger partial charge on any atom is -1.00 e. The Hall–Kier alpha value is 5.13. The van der Waals surface area contributed by atoms with Crippen molar-refractivity contribution in [1.29, 1.82) is 0 Å². The summed E-state index contributed by atoms with van der Waals surface area (Å²) < 4.78 is 0. The number of hydrogen-bond acceptors (Lipinski definition) is 0. The minimum absolute atomic E-state index is 0. The van der Waals surface area contributed by atoms with Crippen LogP contribution in [0.25, 0.3) is 0 Å². The molecule has 0 aromatic heterocycles. The molecule has 0 nitrogen and oxygen atoms in total. The Bertz CT molecular complexity index is 3.90. The number of hydrogen-bond donors (Lipinski definition) is 0. The van der Waals surface area contributed by atoms with Gasteiger partial charge in [0.1, 0.15) is 0 Å². The Kier molecular flexibility index (Phi) is 232. The monoisotopic (exact) mass is 722 g/mol. The van der Waals surface area contributed by atoms with Gasteiger partial charge in [-0.3, -0.25) is 0 Å². The quantitative estimate of drug-likeness (QED) is 0.173. The van der Waals surface area contributed by atoms with Gasteiger partial charge in [-0.1, -0.05) is 0 Å². The van der Waals surface area contributed by atoms with Crippen LogP contribution in [0.1, 0.15) is 0 Å². The molecule has 0 amide bonds. The molecule has 0 atom stereocenters. The molecule has 0 spiro atoms. The van der Waals surface area contributed by atoms with Crippen molar-refractivity contribution in [2.24, 2.45) is 0 Å². The first-order valence-corrected chi connectivity index (χ1v) is 0. The van der Waals surface area contributed by atoms with Crippen LogP contribution in [0.4, 0.5) is 0 Å². The van der Waals surface area contributed by atoms with Gasteiger partial charge in [0.25, 0.3) is 0 Å². The van der Waals surface area contributed by atoms with E-state index in [1.165, 1.54) is 0 Å². The predicted octanol–water partition coefficient (Wildman–Crippen LogP) is -15.4. The summed E-state index contributed by atoms with van der Waals surface area (Å²) in [6.07, 6.45) is 0. The van der Waals surface area contributed by atoms with Crippen molar-refractivity contribution < 1.29 is 120 Å². The van der Waals surface area contributed by atoms with Crippen LogP contribution in [-0.4, -0.2) is 45.5 Å². The summed E-state index contributed by atoms with van der Waals surface area (Å²) in [6.45, 7) is 0. The summed E-state index contributed by atoms with van der Waals surface area (Å²) in [5, 5.41) is 0. The zero-order chi connectivity index (χ0) is 0. The number of rotatable bonds is 0. The number of halogens is 5. The van der Waals surface area contributed by atoms with Gasteiger partial charge in [0.05, 0.1) is 0 Å². The van der Waals surface area contributed by atoms with Gasteiger partial charge in [-0.05, 0) is 0 Å². The van der Waals surface area contributed by atoms with E-state index in [1.807, 2.05) is 0 Å². The third-order valence-corrected chi connectivity index (χ3v) is 0. The molecular formula is I5Sr-3. The third kappa shape index (κ3) is 22.9. The van der Waals surface area contributed by atoms with Gasteiger partial charge < -0.3 is 120 Å². The molecule has 0 radical (unpaired) electrons. The minimum atomic E-state index is 0. The Labute approximate surface area is 160 Å². The van der Waals surface area contributed by atoms with E-state index in [0.29, 0.717) is 0 Å². The molecule has 6 heteroatoms. The van der Waals surface area contributed by atoms with Gasteiger partial charge in [-0.15, -0.1) is 0 Å². The molecule has 0 aromatic carbocycles. The zero-order valence-electron chi connectivity index (χ0n) is 2.60. The Morgan fingerprint density at radius 3 is 0.333 bits per heavy atom. The zero-order valence-corrected chi connectivity index (χ0v) is 16.9. The average molecular weight is 722 g/mol. The van der Waals surface area contributed by atoms with Crippen molar-refractivity contribution in [2.75, 3.05) is 0 Å². The van der Waals surface area contributed by atoms with Crippen LogP contribution in [0, 0.1) is 0 Å². The second kappa shape index (κ2) is 32.1. The van der Waals surface area contributed by atoms with Gasteiger partial charge in [0.2, 0.25) is 0 Å². The average Bonchev–Trinajstić information content (AvgIpc) is 0. The van der Waals surface area contributed by atoms with E-state index in [-0.39, 0.29) is 165 Å². The maximum Gasteiger partial charge on any atom is 2.00 e. The summed E-state index contributed by atoms with van der Waals surface area (Å²) in [4.78, 5) is 0. The van der Waals surface area contributed by atoms with Crippen molar-refractivity contribution >= 4 is 45.5 Å². The first-order chi connectivity index (χ1) is 0. The summed E-state index contributed by atoms with van der Waals surface area (Å²) in [5.74, 6) is 0. The van der Waals surface area contributed by atoms with E-state index in [2.05, 4.69) is 0 Å². The van der Waals surface area contributed by atoms with E-state index in [4.69, 9.17) is 0 Å². The van der Waals surface area contributed by atoms with E-state index < -0.39 is 0 Å². The second-order valence-electron chi connectivity index (χ2n) is 0. The molecule has 0 heterocycles. The molecule has 0 bridgehead atoms. The van der Waals surface area contributed by atoms with Crippen LogP contribution < -0.4 is 120 Å². The van der Waals surface area contributed by atoms with Gasteiger partial charge in [-0.25, -0.2) is 0 Å². The van der Waals surface area contributed by atoms with Crippen molar-refractivity contribution in [2.45, 2.75) is 0 Å². The molecule has 0 rings (SSSR count). The maximum atomic E-state index is 0. The van der Waals surface area contributed by atoms with E-state index in [9.17, 15) is 0 Å². The Balaban J connectivity index is 0. The van der Waals surface area contributed by atoms with Gasteiger partial charge in [-0.2, -0.15) is 0 Å². The van der Waals surface area contributed by atoms with Crippen LogP contribution in [-0.2, 0) is 0 Å². The Morgan fingerprint density at radius 1 is 0.333 bits per heavy atom. The molecule has 6 heavy (non-hydrogen) atoms. The second-order valence-corrected chi connectivity index (χ2v) is 0. The van der Waals surface area contributed by atoms with Crippen LogP contribution in [0.3, 0.4) is 0 Å². The normalized spacial score (nSPS) is 0. The first-order valence-electron chi connectivity index (χ1n) is 0. The molecule has 0 aliphatic heterocycles. The fourth-order valence-corrected chi connectivity index (χ4v) is 0. The molecular weight excluding hydrogens is 722 g/mol. The summed E-state index contributed by atoms with van der Waals surface area (Å²) >= 11 is 0. The SMILES string of the molecule is [I-].[I-].[I-].[I-].[I-].[Sr+2]. The summed E-state index contributed by atoms with van der Waals surface area (Å²) in [5.41, 5.74) is 0. The van der Waals surface area contributed by atoms with Crippen LogP contribution in [0.15, 0.2) is 0 Å². The topological polar surface area (TPSA) is 0 Å². The van der Waals surface area contributed by atoms with Crippen molar-refractivity contribution in [3.63, 3.8) is 0 Å². The van der Waals surface area contributed by atoms with Crippen molar-refractivity contribution in [3.05, 3.63) is 0 Å². The van der Waals surface area contributed by atoms with E-state index in [1.54, 1.807) is 0 Å². The fraction of sp³-hybridized carbons (Fsp3) is 0. The van der Waals surface area contributed by atoms with Crippen LogP contribution in [0.5, 0.6) is 0 Å². The molecule has 0 saturated carbocycles. The molecule has 0 fully saturated rings. The molecule has 0 aliphatic carbocycles. The smallest absolute Gasteiger partial charge is 1.00 e. The van der Waals surface area contributed by atoms with Crippen LogP contribution in [0.2, 0.25) is 0 Å². The molecule has 0 aliphatic rings. The van der Waals surface area contributed by atoms with Gasteiger partial charge in [0.15, 0.2) is 0 Å². The summed E-state index contributed by atoms with van der Waals surface area (Å²) in [7, 11) is 0. The Morgan fingerprint density at radius 2 is 0.333 bits per heavy atom. The van der Waals surface area contributed by atoms with E-state index in [0.717, 1.165) is 0 Å². The standard InChI is InChI=1S/5HI.Sr/h5*1H;/q;;;;;+2/p-5. The van der Waals surface area contributed by atoms with Gasteiger partial charge in [0, 0.05) is 0 Å². The largest absolute Gasteiger partial charge is 2.00 e.